The molecule has 4 rings (SSSR count). The topological polar surface area (TPSA) is 103 Å². The van der Waals surface area contributed by atoms with Crippen molar-refractivity contribution in [3.8, 4) is 23.1 Å². The van der Waals surface area contributed by atoms with Crippen LogP contribution in [0.25, 0.3) is 11.3 Å². The highest BCUT2D eigenvalue weighted by atomic mass is 79.9. The molecule has 2 N–H and O–H groups in total. The zero-order valence-corrected chi connectivity index (χ0v) is 18.9. The van der Waals surface area contributed by atoms with E-state index in [-0.39, 0.29) is 11.5 Å². The number of halogens is 1. The summed E-state index contributed by atoms with van der Waals surface area (Å²) in [6.45, 7) is 0.456. The minimum Gasteiger partial charge on any atom is -0.489 e. The average Bonchev–Trinajstić information content (AvgIpc) is 2.84. The normalized spacial score (nSPS) is 10.7. The maximum Gasteiger partial charge on any atom is 0.270 e. The zero-order valence-electron chi connectivity index (χ0n) is 17.3. The second-order valence-corrected chi connectivity index (χ2v) is 7.79. The Bertz CT molecular complexity index is 1380. The summed E-state index contributed by atoms with van der Waals surface area (Å²) in [4.78, 5) is 19.2. The van der Waals surface area contributed by atoms with Gasteiger partial charge in [0.15, 0.2) is 0 Å². The third-order valence-electron chi connectivity index (χ3n) is 4.69. The van der Waals surface area contributed by atoms with Crippen LogP contribution in [0.4, 0.5) is 5.95 Å². The number of rotatable bonds is 7. The number of nitriles is 1. The van der Waals surface area contributed by atoms with Gasteiger partial charge in [-0.1, -0.05) is 64.5 Å². The fourth-order valence-electron chi connectivity index (χ4n) is 3.03. The van der Waals surface area contributed by atoms with E-state index in [1.165, 1.54) is 0 Å². The fourth-order valence-corrected chi connectivity index (χ4v) is 3.43. The number of ether oxygens (including phenoxy) is 1. The minimum absolute atomic E-state index is 0.0474. The van der Waals surface area contributed by atoms with Gasteiger partial charge in [-0.2, -0.15) is 10.4 Å². The molecule has 0 atom stereocenters. The number of aromatic amines is 1. The lowest BCUT2D eigenvalue weighted by molar-refractivity contribution is 0.305. The number of hydrazone groups is 1. The molecule has 0 aliphatic carbocycles. The van der Waals surface area contributed by atoms with Gasteiger partial charge in [0.1, 0.15) is 24.0 Å². The number of aromatic nitrogens is 2. The van der Waals surface area contributed by atoms with Crippen molar-refractivity contribution in [2.75, 3.05) is 5.43 Å². The van der Waals surface area contributed by atoms with E-state index in [0.717, 1.165) is 21.3 Å². The summed E-state index contributed by atoms with van der Waals surface area (Å²) in [6.07, 6.45) is 1.60. The van der Waals surface area contributed by atoms with Crippen LogP contribution in [0.15, 0.2) is 93.2 Å². The first kappa shape index (κ1) is 22.0. The summed E-state index contributed by atoms with van der Waals surface area (Å²) in [5, 5.41) is 13.5. The van der Waals surface area contributed by atoms with Gasteiger partial charge >= 0.3 is 0 Å². The van der Waals surface area contributed by atoms with E-state index in [1.807, 2.05) is 72.8 Å². The number of anilines is 1. The monoisotopic (exact) mass is 499 g/mol. The number of benzene rings is 3. The Morgan fingerprint density at radius 3 is 2.52 bits per heavy atom. The van der Waals surface area contributed by atoms with Crippen molar-refractivity contribution in [1.82, 2.24) is 9.97 Å². The quantitative estimate of drug-likeness (QED) is 0.272. The Labute approximate surface area is 198 Å². The average molecular weight is 500 g/mol. The van der Waals surface area contributed by atoms with E-state index >= 15 is 0 Å². The smallest absolute Gasteiger partial charge is 0.270 e. The molecule has 0 spiro atoms. The number of hydrogen-bond acceptors (Lipinski definition) is 6. The van der Waals surface area contributed by atoms with E-state index in [4.69, 9.17) is 4.74 Å². The third-order valence-corrected chi connectivity index (χ3v) is 5.47. The van der Waals surface area contributed by atoms with Gasteiger partial charge in [-0.15, -0.1) is 0 Å². The van der Waals surface area contributed by atoms with Crippen molar-refractivity contribution in [3.63, 3.8) is 0 Å². The van der Waals surface area contributed by atoms with Crippen molar-refractivity contribution < 1.29 is 4.74 Å². The van der Waals surface area contributed by atoms with Gasteiger partial charge < -0.3 is 4.74 Å². The van der Waals surface area contributed by atoms with Crippen molar-refractivity contribution in [1.29, 1.82) is 5.26 Å². The largest absolute Gasteiger partial charge is 0.489 e. The first-order valence-electron chi connectivity index (χ1n) is 9.99. The molecule has 0 fully saturated rings. The second-order valence-electron chi connectivity index (χ2n) is 6.94. The van der Waals surface area contributed by atoms with Crippen LogP contribution in [0.3, 0.4) is 0 Å². The molecule has 0 amide bonds. The SMILES string of the molecule is N#Cc1c(-c2ccccc2)nc(NN=Cc2ccc(OCc3ccccc3Br)cc2)[nH]c1=O. The van der Waals surface area contributed by atoms with Gasteiger partial charge in [0, 0.05) is 15.6 Å². The molecule has 0 unspecified atom stereocenters. The van der Waals surface area contributed by atoms with Crippen LogP contribution in [0, 0.1) is 11.3 Å². The molecular formula is C25H18BrN5O2. The molecule has 0 bridgehead atoms. The molecule has 0 radical (unpaired) electrons. The molecule has 1 heterocycles. The lowest BCUT2D eigenvalue weighted by Gasteiger charge is -2.08. The van der Waals surface area contributed by atoms with Crippen molar-refractivity contribution in [3.05, 3.63) is 110 Å². The number of hydrogen-bond donors (Lipinski definition) is 2. The number of H-pyrrole nitrogens is 1. The van der Waals surface area contributed by atoms with Gasteiger partial charge in [-0.3, -0.25) is 9.78 Å². The van der Waals surface area contributed by atoms with Crippen molar-refractivity contribution in [2.24, 2.45) is 5.10 Å². The summed E-state index contributed by atoms with van der Waals surface area (Å²) >= 11 is 3.51. The molecule has 3 aromatic carbocycles. The van der Waals surface area contributed by atoms with Crippen LogP contribution in [-0.2, 0) is 6.61 Å². The van der Waals surface area contributed by atoms with Crippen molar-refractivity contribution in [2.45, 2.75) is 6.61 Å². The van der Waals surface area contributed by atoms with E-state index < -0.39 is 5.56 Å². The van der Waals surface area contributed by atoms with E-state index in [9.17, 15) is 10.1 Å². The molecule has 0 aliphatic heterocycles. The number of nitrogens with one attached hydrogen (secondary N) is 2. The summed E-state index contributed by atoms with van der Waals surface area (Å²) in [5.74, 6) is 0.879. The summed E-state index contributed by atoms with van der Waals surface area (Å²) < 4.78 is 6.83. The minimum atomic E-state index is -0.532. The number of nitrogens with zero attached hydrogens (tertiary/aromatic N) is 3. The van der Waals surface area contributed by atoms with E-state index in [2.05, 4.69) is 36.4 Å². The van der Waals surface area contributed by atoms with Gasteiger partial charge in [-0.05, 0) is 35.9 Å². The van der Waals surface area contributed by atoms with Gasteiger partial charge in [0.2, 0.25) is 5.95 Å². The van der Waals surface area contributed by atoms with Gasteiger partial charge in [0.25, 0.3) is 5.56 Å². The maximum absolute atomic E-state index is 12.3. The molecule has 162 valence electrons. The van der Waals surface area contributed by atoms with Gasteiger partial charge in [-0.25, -0.2) is 10.4 Å². The lowest BCUT2D eigenvalue weighted by atomic mass is 10.1. The Morgan fingerprint density at radius 1 is 1.06 bits per heavy atom. The van der Waals surface area contributed by atoms with Crippen LogP contribution in [0.1, 0.15) is 16.7 Å². The van der Waals surface area contributed by atoms with Crippen LogP contribution >= 0.6 is 15.9 Å². The predicted octanol–water partition coefficient (Wildman–Crippen LogP) is 5.10. The summed E-state index contributed by atoms with van der Waals surface area (Å²) in [5.41, 5.74) is 5.00. The molecule has 0 saturated heterocycles. The highest BCUT2D eigenvalue weighted by Gasteiger charge is 2.12. The summed E-state index contributed by atoms with van der Waals surface area (Å²) in [7, 11) is 0. The second kappa shape index (κ2) is 10.4. The van der Waals surface area contributed by atoms with Crippen LogP contribution in [0.2, 0.25) is 0 Å². The van der Waals surface area contributed by atoms with E-state index in [0.29, 0.717) is 17.9 Å². The van der Waals surface area contributed by atoms with Crippen LogP contribution in [0.5, 0.6) is 5.75 Å². The molecule has 7 nitrogen and oxygen atoms in total. The first-order valence-corrected chi connectivity index (χ1v) is 10.8. The molecule has 33 heavy (non-hydrogen) atoms. The highest BCUT2D eigenvalue weighted by molar-refractivity contribution is 9.10. The molecule has 0 aliphatic rings. The molecule has 4 aromatic rings. The molecule has 0 saturated carbocycles. The lowest BCUT2D eigenvalue weighted by Crippen LogP contribution is -2.16. The fraction of sp³-hybridized carbons (Fsp3) is 0.0400. The van der Waals surface area contributed by atoms with E-state index in [1.54, 1.807) is 18.3 Å². The summed E-state index contributed by atoms with van der Waals surface area (Å²) in [6, 6.07) is 26.3. The van der Waals surface area contributed by atoms with Crippen molar-refractivity contribution >= 4 is 28.1 Å². The van der Waals surface area contributed by atoms with Crippen LogP contribution < -0.4 is 15.7 Å². The maximum atomic E-state index is 12.3. The third kappa shape index (κ3) is 5.53. The Balaban J connectivity index is 1.43. The Morgan fingerprint density at radius 2 is 1.79 bits per heavy atom. The predicted molar refractivity (Wildman–Crippen MR) is 131 cm³/mol. The Hall–Kier alpha value is -4.22. The van der Waals surface area contributed by atoms with Crippen LogP contribution in [-0.4, -0.2) is 16.2 Å². The standard InChI is InChI=1S/C25H18BrN5O2/c26-22-9-5-4-8-19(22)16-33-20-12-10-17(11-13-20)15-28-31-25-29-23(18-6-2-1-3-7-18)21(14-27)24(32)30-25/h1-13,15H,16H2,(H2,29,30,31,32). The van der Waals surface area contributed by atoms with Gasteiger partial charge in [0.05, 0.1) is 11.9 Å². The molecular weight excluding hydrogens is 482 g/mol. The first-order chi connectivity index (χ1) is 16.1. The highest BCUT2D eigenvalue weighted by Crippen LogP contribution is 2.20. The zero-order chi connectivity index (χ0) is 23.0. The Kier molecular flexibility index (Phi) is 6.93. The molecule has 1 aromatic heterocycles. The molecule has 8 heteroatoms.